The molecule has 8 heteroatoms. The number of hydrogen-bond donors (Lipinski definition) is 1. The summed E-state index contributed by atoms with van der Waals surface area (Å²) in [6.07, 6.45) is 0. The van der Waals surface area contributed by atoms with Crippen molar-refractivity contribution in [1.82, 2.24) is 9.21 Å². The molecular formula is C22H23ClN2O4S. The molecule has 30 heavy (non-hydrogen) atoms. The SMILES string of the molecule is COc1ccc2ccc(O)c(CN3CCN(S(=O)(=O)c4ccccc4Cl)CC3)c2c1. The van der Waals surface area contributed by atoms with Crippen LogP contribution in [-0.2, 0) is 16.6 Å². The molecule has 158 valence electrons. The molecule has 0 spiro atoms. The Morgan fingerprint density at radius 1 is 1.03 bits per heavy atom. The smallest absolute Gasteiger partial charge is 0.244 e. The van der Waals surface area contributed by atoms with Crippen molar-refractivity contribution in [1.29, 1.82) is 0 Å². The van der Waals surface area contributed by atoms with E-state index in [-0.39, 0.29) is 15.7 Å². The van der Waals surface area contributed by atoms with E-state index in [1.54, 1.807) is 31.4 Å². The zero-order chi connectivity index (χ0) is 21.3. The van der Waals surface area contributed by atoms with Crippen LogP contribution in [0.4, 0.5) is 0 Å². The molecule has 1 aliphatic heterocycles. The van der Waals surface area contributed by atoms with Gasteiger partial charge in [0.15, 0.2) is 0 Å². The monoisotopic (exact) mass is 446 g/mol. The van der Waals surface area contributed by atoms with E-state index < -0.39 is 10.0 Å². The molecule has 3 aromatic rings. The van der Waals surface area contributed by atoms with Gasteiger partial charge in [0, 0.05) is 38.3 Å². The van der Waals surface area contributed by atoms with Crippen molar-refractivity contribution in [3.05, 3.63) is 65.2 Å². The number of fused-ring (bicyclic) bond motifs is 1. The van der Waals surface area contributed by atoms with E-state index in [4.69, 9.17) is 16.3 Å². The number of phenolic OH excluding ortho intramolecular Hbond substituents is 1. The minimum atomic E-state index is -3.63. The van der Waals surface area contributed by atoms with Gasteiger partial charge in [0.25, 0.3) is 0 Å². The summed E-state index contributed by atoms with van der Waals surface area (Å²) in [6.45, 7) is 2.37. The lowest BCUT2D eigenvalue weighted by Crippen LogP contribution is -2.48. The molecule has 0 bridgehead atoms. The summed E-state index contributed by atoms with van der Waals surface area (Å²) in [4.78, 5) is 2.28. The topological polar surface area (TPSA) is 70.1 Å². The van der Waals surface area contributed by atoms with E-state index >= 15 is 0 Å². The van der Waals surface area contributed by atoms with Gasteiger partial charge in [0.2, 0.25) is 10.0 Å². The maximum atomic E-state index is 12.9. The van der Waals surface area contributed by atoms with Crippen LogP contribution in [0.2, 0.25) is 5.02 Å². The third-order valence-corrected chi connectivity index (χ3v) is 7.88. The van der Waals surface area contributed by atoms with E-state index in [2.05, 4.69) is 4.90 Å². The van der Waals surface area contributed by atoms with Crippen molar-refractivity contribution in [2.45, 2.75) is 11.4 Å². The lowest BCUT2D eigenvalue weighted by molar-refractivity contribution is 0.180. The van der Waals surface area contributed by atoms with Crippen LogP contribution in [0.15, 0.2) is 59.5 Å². The summed E-state index contributed by atoms with van der Waals surface area (Å²) < 4.78 is 32.7. The second-order valence-electron chi connectivity index (χ2n) is 7.26. The largest absolute Gasteiger partial charge is 0.508 e. The molecule has 0 saturated carbocycles. The normalized spacial score (nSPS) is 16.1. The molecule has 0 unspecified atom stereocenters. The van der Waals surface area contributed by atoms with Gasteiger partial charge < -0.3 is 9.84 Å². The van der Waals surface area contributed by atoms with Crippen molar-refractivity contribution in [3.8, 4) is 11.5 Å². The Morgan fingerprint density at radius 2 is 1.73 bits per heavy atom. The van der Waals surface area contributed by atoms with Crippen LogP contribution < -0.4 is 4.74 Å². The molecule has 4 rings (SSSR count). The van der Waals surface area contributed by atoms with Gasteiger partial charge in [-0.3, -0.25) is 4.90 Å². The van der Waals surface area contributed by atoms with E-state index in [9.17, 15) is 13.5 Å². The highest BCUT2D eigenvalue weighted by Crippen LogP contribution is 2.32. The number of rotatable bonds is 5. The number of methoxy groups -OCH3 is 1. The predicted molar refractivity (Wildman–Crippen MR) is 118 cm³/mol. The summed E-state index contributed by atoms with van der Waals surface area (Å²) >= 11 is 6.11. The zero-order valence-corrected chi connectivity index (χ0v) is 18.2. The summed E-state index contributed by atoms with van der Waals surface area (Å²) in [5, 5.41) is 12.7. The van der Waals surface area contributed by atoms with Crippen LogP contribution in [-0.4, -0.2) is 56.0 Å². The maximum Gasteiger partial charge on any atom is 0.244 e. The molecule has 3 aromatic carbocycles. The Labute approximate surface area is 181 Å². The number of benzene rings is 3. The van der Waals surface area contributed by atoms with Crippen LogP contribution in [0.25, 0.3) is 10.8 Å². The Morgan fingerprint density at radius 3 is 2.43 bits per heavy atom. The van der Waals surface area contributed by atoms with E-state index in [0.29, 0.717) is 32.7 Å². The standard InChI is InChI=1S/C22H23ClN2O4S/c1-29-17-8-6-16-7-9-21(26)19(18(16)14-17)15-24-10-12-25(13-11-24)30(27,28)22-5-3-2-4-20(22)23/h2-9,14,26H,10-13,15H2,1H3. The number of ether oxygens (including phenoxy) is 1. The van der Waals surface area contributed by atoms with Crippen LogP contribution in [0.1, 0.15) is 5.56 Å². The van der Waals surface area contributed by atoms with E-state index in [1.165, 1.54) is 10.4 Å². The molecular weight excluding hydrogens is 424 g/mol. The van der Waals surface area contributed by atoms with Crippen molar-refractivity contribution in [2.24, 2.45) is 0 Å². The highest BCUT2D eigenvalue weighted by molar-refractivity contribution is 7.89. The van der Waals surface area contributed by atoms with Gasteiger partial charge in [0.1, 0.15) is 16.4 Å². The molecule has 1 aliphatic rings. The lowest BCUT2D eigenvalue weighted by atomic mass is 10.0. The number of hydrogen-bond acceptors (Lipinski definition) is 5. The summed E-state index contributed by atoms with van der Waals surface area (Å²) in [5.74, 6) is 0.951. The van der Waals surface area contributed by atoms with Gasteiger partial charge in [-0.05, 0) is 41.1 Å². The average Bonchev–Trinajstić information content (AvgIpc) is 2.76. The van der Waals surface area contributed by atoms with Gasteiger partial charge in [-0.15, -0.1) is 0 Å². The van der Waals surface area contributed by atoms with Crippen molar-refractivity contribution < 1.29 is 18.3 Å². The highest BCUT2D eigenvalue weighted by Gasteiger charge is 2.30. The van der Waals surface area contributed by atoms with Crippen LogP contribution in [0, 0.1) is 0 Å². The zero-order valence-electron chi connectivity index (χ0n) is 16.6. The number of phenols is 1. The van der Waals surface area contributed by atoms with Gasteiger partial charge in [0.05, 0.1) is 12.1 Å². The molecule has 0 aromatic heterocycles. The molecule has 1 heterocycles. The minimum Gasteiger partial charge on any atom is -0.508 e. The fraction of sp³-hybridized carbons (Fsp3) is 0.273. The van der Waals surface area contributed by atoms with Gasteiger partial charge in [-0.2, -0.15) is 4.31 Å². The Hall–Kier alpha value is -2.32. The molecule has 0 aliphatic carbocycles. The van der Waals surface area contributed by atoms with Gasteiger partial charge in [-0.1, -0.05) is 35.9 Å². The second kappa shape index (κ2) is 8.43. The summed E-state index contributed by atoms with van der Waals surface area (Å²) in [5.41, 5.74) is 0.814. The van der Waals surface area contributed by atoms with Crippen molar-refractivity contribution >= 4 is 32.4 Å². The van der Waals surface area contributed by atoms with Crippen molar-refractivity contribution in [2.75, 3.05) is 33.3 Å². The predicted octanol–water partition coefficient (Wildman–Crippen LogP) is 3.71. The lowest BCUT2D eigenvalue weighted by Gasteiger charge is -2.34. The van der Waals surface area contributed by atoms with Crippen LogP contribution in [0.5, 0.6) is 11.5 Å². The number of piperazine rings is 1. The fourth-order valence-corrected chi connectivity index (χ4v) is 5.70. The molecule has 1 saturated heterocycles. The molecule has 0 atom stereocenters. The third-order valence-electron chi connectivity index (χ3n) is 5.48. The summed E-state index contributed by atoms with van der Waals surface area (Å²) in [6, 6.07) is 15.9. The maximum absolute atomic E-state index is 12.9. The van der Waals surface area contributed by atoms with Gasteiger partial charge >= 0.3 is 0 Å². The molecule has 1 N–H and O–H groups in total. The van der Waals surface area contributed by atoms with Crippen molar-refractivity contribution in [3.63, 3.8) is 0 Å². The molecule has 0 amide bonds. The molecule has 6 nitrogen and oxygen atoms in total. The van der Waals surface area contributed by atoms with Crippen LogP contribution >= 0.6 is 11.6 Å². The third kappa shape index (κ3) is 3.98. The number of halogens is 1. The van der Waals surface area contributed by atoms with Crippen LogP contribution in [0.3, 0.4) is 0 Å². The number of nitrogens with zero attached hydrogens (tertiary/aromatic N) is 2. The Bertz CT molecular complexity index is 1170. The second-order valence-corrected chi connectivity index (χ2v) is 9.57. The fourth-order valence-electron chi connectivity index (χ4n) is 3.79. The number of sulfonamides is 1. The first kappa shape index (κ1) is 20.9. The number of aromatic hydroxyl groups is 1. The van der Waals surface area contributed by atoms with E-state index in [1.807, 2.05) is 24.3 Å². The Kier molecular flexibility index (Phi) is 5.88. The molecule has 0 radical (unpaired) electrons. The summed E-state index contributed by atoms with van der Waals surface area (Å²) in [7, 11) is -2.02. The first-order valence-corrected chi connectivity index (χ1v) is 11.5. The highest BCUT2D eigenvalue weighted by atomic mass is 35.5. The Balaban J connectivity index is 1.52. The quantitative estimate of drug-likeness (QED) is 0.647. The first-order chi connectivity index (χ1) is 14.4. The molecule has 1 fully saturated rings. The van der Waals surface area contributed by atoms with E-state index in [0.717, 1.165) is 22.1 Å². The average molecular weight is 447 g/mol. The minimum absolute atomic E-state index is 0.138. The first-order valence-electron chi connectivity index (χ1n) is 9.66. The van der Waals surface area contributed by atoms with Gasteiger partial charge in [-0.25, -0.2) is 8.42 Å².